The van der Waals surface area contributed by atoms with E-state index in [1.807, 2.05) is 0 Å². The monoisotopic (exact) mass is 298 g/mol. The predicted molar refractivity (Wildman–Crippen MR) is 86.5 cm³/mol. The molecule has 0 aromatic rings. The molecule has 2 N–H and O–H groups in total. The van der Waals surface area contributed by atoms with Crippen LogP contribution in [0.2, 0.25) is 0 Å². The first-order valence-electron chi connectivity index (χ1n) is 8.89. The van der Waals surface area contributed by atoms with Gasteiger partial charge in [-0.25, -0.2) is 0 Å². The van der Waals surface area contributed by atoms with Crippen LogP contribution in [0.5, 0.6) is 0 Å². The van der Waals surface area contributed by atoms with E-state index in [4.69, 9.17) is 4.74 Å². The van der Waals surface area contributed by atoms with Crippen LogP contribution in [0.4, 0.5) is 0 Å². The third-order valence-electron chi connectivity index (χ3n) is 5.13. The molecule has 1 aliphatic heterocycles. The van der Waals surface area contributed by atoms with E-state index < -0.39 is 0 Å². The predicted octanol–water partition coefficient (Wildman–Crippen LogP) is 2.02. The van der Waals surface area contributed by atoms with Gasteiger partial charge in [-0.15, -0.1) is 0 Å². The number of nitrogens with zero attached hydrogens (tertiary/aromatic N) is 1. The first kappa shape index (κ1) is 17.2. The highest BCUT2D eigenvalue weighted by Gasteiger charge is 2.37. The summed E-state index contributed by atoms with van der Waals surface area (Å²) in [6.45, 7) is 9.46. The molecule has 0 spiro atoms. The third kappa shape index (κ3) is 5.20. The largest absolute Gasteiger partial charge is 0.395 e. The molecule has 1 unspecified atom stereocenters. The van der Waals surface area contributed by atoms with Gasteiger partial charge in [0.1, 0.15) is 0 Å². The van der Waals surface area contributed by atoms with Crippen molar-refractivity contribution in [2.75, 3.05) is 39.5 Å². The molecule has 0 bridgehead atoms. The Bertz CT molecular complexity index is 285. The van der Waals surface area contributed by atoms with E-state index in [0.717, 1.165) is 51.7 Å². The van der Waals surface area contributed by atoms with Gasteiger partial charge in [0, 0.05) is 43.7 Å². The lowest BCUT2D eigenvalue weighted by atomic mass is 9.81. The first-order valence-corrected chi connectivity index (χ1v) is 8.89. The van der Waals surface area contributed by atoms with Crippen molar-refractivity contribution in [3.8, 4) is 0 Å². The fourth-order valence-electron chi connectivity index (χ4n) is 3.63. The maximum atomic E-state index is 9.43. The number of aliphatic hydroxyl groups excluding tert-OH is 1. The Balaban J connectivity index is 1.98. The summed E-state index contributed by atoms with van der Waals surface area (Å²) in [4.78, 5) is 2.50. The summed E-state index contributed by atoms with van der Waals surface area (Å²) in [6.07, 6.45) is 7.40. The van der Waals surface area contributed by atoms with Gasteiger partial charge in [-0.05, 0) is 38.5 Å². The van der Waals surface area contributed by atoms with Crippen molar-refractivity contribution in [1.29, 1.82) is 0 Å². The number of aliphatic hydroxyl groups is 1. The summed E-state index contributed by atoms with van der Waals surface area (Å²) in [5.74, 6) is 0. The molecular weight excluding hydrogens is 264 g/mol. The highest BCUT2D eigenvalue weighted by Crippen LogP contribution is 2.32. The quantitative estimate of drug-likeness (QED) is 0.648. The van der Waals surface area contributed by atoms with E-state index in [0.29, 0.717) is 6.04 Å². The maximum Gasteiger partial charge on any atom is 0.0558 e. The summed E-state index contributed by atoms with van der Waals surface area (Å²) >= 11 is 0. The van der Waals surface area contributed by atoms with Gasteiger partial charge in [0.2, 0.25) is 0 Å². The molecule has 0 aromatic heterocycles. The Labute approximate surface area is 130 Å². The minimum Gasteiger partial charge on any atom is -0.395 e. The first-order chi connectivity index (χ1) is 10.2. The molecule has 1 atom stereocenters. The molecule has 1 aliphatic carbocycles. The maximum absolute atomic E-state index is 9.43. The fourth-order valence-corrected chi connectivity index (χ4v) is 3.63. The van der Waals surface area contributed by atoms with Crippen molar-refractivity contribution in [2.24, 2.45) is 5.41 Å². The molecule has 4 heteroatoms. The lowest BCUT2D eigenvalue weighted by Crippen LogP contribution is -2.52. The SMILES string of the molecule is CCC(CC)N(CCO)CC1(CNC2CC2)CCCOC1. The Morgan fingerprint density at radius 2 is 2.10 bits per heavy atom. The number of rotatable bonds is 10. The molecule has 4 nitrogen and oxygen atoms in total. The zero-order chi connectivity index (χ0) is 15.1. The number of nitrogens with one attached hydrogen (secondary N) is 1. The molecule has 0 radical (unpaired) electrons. The topological polar surface area (TPSA) is 44.7 Å². The van der Waals surface area contributed by atoms with E-state index >= 15 is 0 Å². The number of ether oxygens (including phenoxy) is 1. The second-order valence-electron chi connectivity index (χ2n) is 6.98. The molecule has 1 saturated carbocycles. The van der Waals surface area contributed by atoms with Crippen molar-refractivity contribution in [2.45, 2.75) is 64.5 Å². The van der Waals surface area contributed by atoms with Crippen LogP contribution in [0.1, 0.15) is 52.4 Å². The van der Waals surface area contributed by atoms with Gasteiger partial charge in [-0.1, -0.05) is 13.8 Å². The highest BCUT2D eigenvalue weighted by atomic mass is 16.5. The Morgan fingerprint density at radius 3 is 2.62 bits per heavy atom. The second kappa shape index (κ2) is 8.47. The minimum absolute atomic E-state index is 0.235. The number of hydrogen-bond donors (Lipinski definition) is 2. The van der Waals surface area contributed by atoms with Crippen LogP contribution in [-0.4, -0.2) is 61.5 Å². The second-order valence-corrected chi connectivity index (χ2v) is 6.98. The van der Waals surface area contributed by atoms with Gasteiger partial charge in [0.15, 0.2) is 0 Å². The molecule has 0 aromatic carbocycles. The average molecular weight is 298 g/mol. The molecular formula is C17H34N2O2. The molecule has 1 saturated heterocycles. The molecule has 2 rings (SSSR count). The van der Waals surface area contributed by atoms with Crippen LogP contribution < -0.4 is 5.32 Å². The van der Waals surface area contributed by atoms with Crippen LogP contribution in [-0.2, 0) is 4.74 Å². The van der Waals surface area contributed by atoms with Crippen LogP contribution in [0.25, 0.3) is 0 Å². The zero-order valence-electron chi connectivity index (χ0n) is 13.9. The van der Waals surface area contributed by atoms with Crippen molar-refractivity contribution < 1.29 is 9.84 Å². The van der Waals surface area contributed by atoms with Crippen molar-refractivity contribution in [3.05, 3.63) is 0 Å². The van der Waals surface area contributed by atoms with E-state index in [-0.39, 0.29) is 12.0 Å². The van der Waals surface area contributed by atoms with Gasteiger partial charge in [-0.2, -0.15) is 0 Å². The van der Waals surface area contributed by atoms with E-state index in [2.05, 4.69) is 24.1 Å². The van der Waals surface area contributed by atoms with Gasteiger partial charge >= 0.3 is 0 Å². The van der Waals surface area contributed by atoms with Crippen LogP contribution >= 0.6 is 0 Å². The smallest absolute Gasteiger partial charge is 0.0558 e. The van der Waals surface area contributed by atoms with Crippen LogP contribution in [0.15, 0.2) is 0 Å². The molecule has 0 amide bonds. The van der Waals surface area contributed by atoms with Gasteiger partial charge in [-0.3, -0.25) is 4.90 Å². The lowest BCUT2D eigenvalue weighted by molar-refractivity contribution is -0.0362. The fraction of sp³-hybridized carbons (Fsp3) is 1.00. The van der Waals surface area contributed by atoms with Crippen molar-refractivity contribution in [1.82, 2.24) is 10.2 Å². The molecule has 124 valence electrons. The van der Waals surface area contributed by atoms with Gasteiger partial charge in [0.25, 0.3) is 0 Å². The molecule has 2 fully saturated rings. The zero-order valence-corrected chi connectivity index (χ0v) is 13.9. The summed E-state index contributed by atoms with van der Waals surface area (Å²) in [6, 6.07) is 1.33. The highest BCUT2D eigenvalue weighted by molar-refractivity contribution is 4.92. The van der Waals surface area contributed by atoms with E-state index in [1.165, 1.54) is 25.7 Å². The standard InChI is InChI=1S/C17H34N2O2/c1-3-16(4-2)19(9-10-20)13-17(8-5-11-21-14-17)12-18-15-6-7-15/h15-16,18,20H,3-14H2,1-2H3. The summed E-state index contributed by atoms with van der Waals surface area (Å²) in [5, 5.41) is 13.2. The summed E-state index contributed by atoms with van der Waals surface area (Å²) < 4.78 is 5.84. The summed E-state index contributed by atoms with van der Waals surface area (Å²) in [7, 11) is 0. The van der Waals surface area contributed by atoms with Crippen molar-refractivity contribution >= 4 is 0 Å². The van der Waals surface area contributed by atoms with Gasteiger partial charge < -0.3 is 15.2 Å². The van der Waals surface area contributed by atoms with E-state index in [1.54, 1.807) is 0 Å². The van der Waals surface area contributed by atoms with Crippen LogP contribution in [0.3, 0.4) is 0 Å². The average Bonchev–Trinajstić information content (AvgIpc) is 3.32. The Morgan fingerprint density at radius 1 is 1.33 bits per heavy atom. The normalized spacial score (nSPS) is 26.7. The van der Waals surface area contributed by atoms with Crippen LogP contribution in [0, 0.1) is 5.41 Å². The van der Waals surface area contributed by atoms with E-state index in [9.17, 15) is 5.11 Å². The molecule has 1 heterocycles. The summed E-state index contributed by atoms with van der Waals surface area (Å²) in [5.41, 5.74) is 0.235. The Hall–Kier alpha value is -0.160. The molecule has 21 heavy (non-hydrogen) atoms. The van der Waals surface area contributed by atoms with Crippen molar-refractivity contribution in [3.63, 3.8) is 0 Å². The minimum atomic E-state index is 0.235. The molecule has 2 aliphatic rings. The Kier molecular flexibility index (Phi) is 6.93. The lowest BCUT2D eigenvalue weighted by Gasteiger charge is -2.43. The number of hydrogen-bond acceptors (Lipinski definition) is 4. The van der Waals surface area contributed by atoms with Gasteiger partial charge in [0.05, 0.1) is 13.2 Å². The third-order valence-corrected chi connectivity index (χ3v) is 5.13.